The Morgan fingerprint density at radius 3 is 2.72 bits per heavy atom. The predicted molar refractivity (Wildman–Crippen MR) is 73.0 cm³/mol. The Morgan fingerprint density at radius 1 is 1.61 bits per heavy atom. The maximum absolute atomic E-state index is 12.3. The first kappa shape index (κ1) is 15.4. The molecule has 1 unspecified atom stereocenters. The third-order valence-electron chi connectivity index (χ3n) is 2.27. The van der Waals surface area contributed by atoms with Gasteiger partial charge in [0.25, 0.3) is 0 Å². The van der Waals surface area contributed by atoms with Crippen LogP contribution in [0.15, 0.2) is 21.6 Å². The SMILES string of the molecule is CNc1ncc(Br)cc1S(=O)(=O)N(C)CC(C)O. The van der Waals surface area contributed by atoms with Crippen molar-refractivity contribution >= 4 is 31.8 Å². The summed E-state index contributed by atoms with van der Waals surface area (Å²) in [4.78, 5) is 4.07. The summed E-state index contributed by atoms with van der Waals surface area (Å²) in [6, 6.07) is 1.48. The van der Waals surface area contributed by atoms with Crippen LogP contribution in [0.3, 0.4) is 0 Å². The van der Waals surface area contributed by atoms with Crippen LogP contribution in [0.2, 0.25) is 0 Å². The van der Waals surface area contributed by atoms with Crippen LogP contribution in [0.5, 0.6) is 0 Å². The van der Waals surface area contributed by atoms with Gasteiger partial charge in [-0.25, -0.2) is 13.4 Å². The van der Waals surface area contributed by atoms with Crippen LogP contribution >= 0.6 is 15.9 Å². The minimum absolute atomic E-state index is 0.0258. The molecule has 0 saturated heterocycles. The Morgan fingerprint density at radius 2 is 2.22 bits per heavy atom. The largest absolute Gasteiger partial charge is 0.392 e. The highest BCUT2D eigenvalue weighted by atomic mass is 79.9. The van der Waals surface area contributed by atoms with Crippen LogP contribution in [0.25, 0.3) is 0 Å². The number of hydrogen-bond donors (Lipinski definition) is 2. The van der Waals surface area contributed by atoms with E-state index in [9.17, 15) is 13.5 Å². The van der Waals surface area contributed by atoms with E-state index in [1.54, 1.807) is 7.05 Å². The Labute approximate surface area is 115 Å². The quantitative estimate of drug-likeness (QED) is 0.833. The number of nitrogens with one attached hydrogen (secondary N) is 1. The maximum atomic E-state index is 12.3. The van der Waals surface area contributed by atoms with E-state index in [1.165, 1.54) is 26.2 Å². The minimum Gasteiger partial charge on any atom is -0.392 e. The molecule has 0 aliphatic carbocycles. The van der Waals surface area contributed by atoms with Gasteiger partial charge in [0, 0.05) is 31.3 Å². The van der Waals surface area contributed by atoms with Gasteiger partial charge in [-0.3, -0.25) is 0 Å². The van der Waals surface area contributed by atoms with E-state index in [1.807, 2.05) is 0 Å². The zero-order valence-electron chi connectivity index (χ0n) is 10.4. The first-order valence-electron chi connectivity index (χ1n) is 5.26. The Kier molecular flexibility index (Phi) is 5.09. The molecule has 0 bridgehead atoms. The van der Waals surface area contributed by atoms with E-state index in [4.69, 9.17) is 0 Å². The van der Waals surface area contributed by atoms with Crippen molar-refractivity contribution in [2.24, 2.45) is 0 Å². The van der Waals surface area contributed by atoms with Crippen LogP contribution in [0.1, 0.15) is 6.92 Å². The van der Waals surface area contributed by atoms with Crippen molar-refractivity contribution in [1.29, 1.82) is 0 Å². The van der Waals surface area contributed by atoms with E-state index >= 15 is 0 Å². The molecule has 1 aromatic heterocycles. The topological polar surface area (TPSA) is 82.5 Å². The maximum Gasteiger partial charge on any atom is 0.246 e. The first-order chi connectivity index (χ1) is 8.28. The summed E-state index contributed by atoms with van der Waals surface area (Å²) in [5.74, 6) is 0.274. The number of hydrogen-bond acceptors (Lipinski definition) is 5. The lowest BCUT2D eigenvalue weighted by Crippen LogP contribution is -2.33. The number of halogens is 1. The first-order valence-corrected chi connectivity index (χ1v) is 7.50. The fraction of sp³-hybridized carbons (Fsp3) is 0.500. The van der Waals surface area contributed by atoms with E-state index in [2.05, 4.69) is 26.2 Å². The van der Waals surface area contributed by atoms with E-state index in [-0.39, 0.29) is 17.3 Å². The van der Waals surface area contributed by atoms with Crippen molar-refractivity contribution in [2.75, 3.05) is 26.0 Å². The molecule has 0 radical (unpaired) electrons. The summed E-state index contributed by atoms with van der Waals surface area (Å²) in [5.41, 5.74) is 0. The van der Waals surface area contributed by atoms with Gasteiger partial charge in [-0.2, -0.15) is 4.31 Å². The molecule has 0 fully saturated rings. The number of aliphatic hydroxyl groups is 1. The number of aromatic nitrogens is 1. The predicted octanol–water partition coefficient (Wildman–Crippen LogP) is 0.887. The molecule has 0 aliphatic rings. The van der Waals surface area contributed by atoms with Crippen LogP contribution in [-0.2, 0) is 10.0 Å². The van der Waals surface area contributed by atoms with Crippen LogP contribution in [0.4, 0.5) is 5.82 Å². The molecule has 102 valence electrons. The lowest BCUT2D eigenvalue weighted by Gasteiger charge is -2.20. The molecule has 0 aromatic carbocycles. The molecular formula is C10H16BrN3O3S. The highest BCUT2D eigenvalue weighted by Crippen LogP contribution is 2.25. The Hall–Kier alpha value is -0.700. The van der Waals surface area contributed by atoms with Gasteiger partial charge in [0.2, 0.25) is 10.0 Å². The summed E-state index contributed by atoms with van der Waals surface area (Å²) in [5, 5.41) is 12.0. The number of sulfonamides is 1. The van der Waals surface area contributed by atoms with E-state index in [0.717, 1.165) is 4.31 Å². The zero-order chi connectivity index (χ0) is 13.9. The van der Waals surface area contributed by atoms with Crippen LogP contribution in [0, 0.1) is 0 Å². The average molecular weight is 338 g/mol. The Balaban J connectivity index is 3.23. The summed E-state index contributed by atoms with van der Waals surface area (Å²) in [6.45, 7) is 1.56. The third kappa shape index (κ3) is 3.41. The highest BCUT2D eigenvalue weighted by Gasteiger charge is 2.25. The molecule has 1 atom stereocenters. The minimum atomic E-state index is -3.68. The molecule has 0 amide bonds. The fourth-order valence-electron chi connectivity index (χ4n) is 1.44. The third-order valence-corrected chi connectivity index (χ3v) is 4.54. The number of nitrogens with zero attached hydrogens (tertiary/aromatic N) is 2. The highest BCUT2D eigenvalue weighted by molar-refractivity contribution is 9.10. The lowest BCUT2D eigenvalue weighted by atomic mass is 10.4. The monoisotopic (exact) mass is 337 g/mol. The van der Waals surface area contributed by atoms with Crippen LogP contribution in [-0.4, -0.2) is 49.6 Å². The zero-order valence-corrected chi connectivity index (χ0v) is 12.8. The second kappa shape index (κ2) is 5.96. The standard InChI is InChI=1S/C10H16BrN3O3S/c1-7(15)6-14(3)18(16,17)9-4-8(11)5-13-10(9)12-2/h4-5,7,15H,6H2,1-3H3,(H,12,13). The smallest absolute Gasteiger partial charge is 0.246 e. The molecule has 1 heterocycles. The van der Waals surface area contributed by atoms with Gasteiger partial charge in [0.1, 0.15) is 10.7 Å². The van der Waals surface area contributed by atoms with Crippen LogP contribution < -0.4 is 5.32 Å². The molecule has 0 aliphatic heterocycles. The van der Waals surface area contributed by atoms with Crippen molar-refractivity contribution in [3.8, 4) is 0 Å². The molecule has 2 N–H and O–H groups in total. The van der Waals surface area contributed by atoms with Crippen molar-refractivity contribution in [2.45, 2.75) is 17.9 Å². The van der Waals surface area contributed by atoms with Gasteiger partial charge >= 0.3 is 0 Å². The van der Waals surface area contributed by atoms with Crippen molar-refractivity contribution < 1.29 is 13.5 Å². The van der Waals surface area contributed by atoms with Gasteiger partial charge in [-0.1, -0.05) is 0 Å². The number of pyridine rings is 1. The number of likely N-dealkylation sites (N-methyl/N-ethyl adjacent to an activating group) is 1. The molecule has 6 nitrogen and oxygen atoms in total. The Bertz CT molecular complexity index is 519. The molecule has 1 aromatic rings. The number of rotatable bonds is 5. The van der Waals surface area contributed by atoms with Gasteiger partial charge < -0.3 is 10.4 Å². The van der Waals surface area contributed by atoms with E-state index < -0.39 is 16.1 Å². The summed E-state index contributed by atoms with van der Waals surface area (Å²) in [6.07, 6.45) is 0.780. The van der Waals surface area contributed by atoms with Gasteiger partial charge in [-0.15, -0.1) is 0 Å². The van der Waals surface area contributed by atoms with Crippen molar-refractivity contribution in [3.63, 3.8) is 0 Å². The second-order valence-corrected chi connectivity index (χ2v) is 6.81. The normalized spacial score (nSPS) is 13.7. The second-order valence-electron chi connectivity index (χ2n) is 3.88. The van der Waals surface area contributed by atoms with Crippen molar-refractivity contribution in [1.82, 2.24) is 9.29 Å². The molecule has 8 heteroatoms. The molecule has 0 saturated carbocycles. The summed E-state index contributed by atoms with van der Waals surface area (Å²) < 4.78 is 26.3. The van der Waals surface area contributed by atoms with E-state index in [0.29, 0.717) is 4.47 Å². The van der Waals surface area contributed by atoms with Gasteiger partial charge in [0.05, 0.1) is 6.10 Å². The lowest BCUT2D eigenvalue weighted by molar-refractivity contribution is 0.171. The van der Waals surface area contributed by atoms with Crippen molar-refractivity contribution in [3.05, 3.63) is 16.7 Å². The summed E-state index contributed by atoms with van der Waals surface area (Å²) >= 11 is 3.20. The molecule has 18 heavy (non-hydrogen) atoms. The van der Waals surface area contributed by atoms with Gasteiger partial charge in [-0.05, 0) is 28.9 Å². The number of anilines is 1. The molecule has 1 rings (SSSR count). The average Bonchev–Trinajstić information content (AvgIpc) is 2.28. The molecule has 0 spiro atoms. The summed E-state index contributed by atoms with van der Waals surface area (Å²) in [7, 11) is -0.661. The van der Waals surface area contributed by atoms with Gasteiger partial charge in [0.15, 0.2) is 0 Å². The fourth-order valence-corrected chi connectivity index (χ4v) is 3.35. The number of aliphatic hydroxyl groups excluding tert-OH is 1. The molecular weight excluding hydrogens is 322 g/mol.